The van der Waals surface area contributed by atoms with Crippen molar-refractivity contribution in [3.05, 3.63) is 35.6 Å². The summed E-state index contributed by atoms with van der Waals surface area (Å²) in [6.45, 7) is 4.13. The average Bonchev–Trinajstić information content (AvgIpc) is 2.65. The summed E-state index contributed by atoms with van der Waals surface area (Å²) in [5.41, 5.74) is 7.02. The predicted octanol–water partition coefficient (Wildman–Crippen LogP) is 2.34. The molecule has 1 aliphatic heterocycles. The van der Waals surface area contributed by atoms with E-state index in [1.54, 1.807) is 0 Å². The number of nitrogens with two attached hydrogens (primary N) is 1. The molecule has 1 heterocycles. The maximum Gasteiger partial charge on any atom is 0.123 e. The minimum absolute atomic E-state index is 0. The molecular weight excluding hydrogens is 227 g/mol. The van der Waals surface area contributed by atoms with Crippen molar-refractivity contribution in [3.8, 4) is 0 Å². The van der Waals surface area contributed by atoms with E-state index >= 15 is 0 Å². The second-order valence-electron chi connectivity index (χ2n) is 4.27. The Kier molecular flexibility index (Phi) is 4.71. The van der Waals surface area contributed by atoms with Crippen LogP contribution in [0.25, 0.3) is 0 Å². The predicted molar refractivity (Wildman–Crippen MR) is 66.2 cm³/mol. The molecule has 16 heavy (non-hydrogen) atoms. The van der Waals surface area contributed by atoms with E-state index in [0.29, 0.717) is 12.1 Å². The van der Waals surface area contributed by atoms with Gasteiger partial charge in [0.15, 0.2) is 0 Å². The van der Waals surface area contributed by atoms with Gasteiger partial charge < -0.3 is 5.73 Å². The molecule has 1 aromatic carbocycles. The van der Waals surface area contributed by atoms with Gasteiger partial charge in [0.1, 0.15) is 5.82 Å². The van der Waals surface area contributed by atoms with Gasteiger partial charge in [-0.15, -0.1) is 12.4 Å². The Balaban J connectivity index is 0.00000128. The summed E-state index contributed by atoms with van der Waals surface area (Å²) in [5, 5.41) is 0. The van der Waals surface area contributed by atoms with Crippen LogP contribution in [0.4, 0.5) is 4.39 Å². The van der Waals surface area contributed by atoms with Crippen molar-refractivity contribution < 1.29 is 4.39 Å². The molecule has 1 fully saturated rings. The van der Waals surface area contributed by atoms with E-state index in [9.17, 15) is 4.39 Å². The maximum atomic E-state index is 12.8. The molecule has 2 atom stereocenters. The molecule has 1 unspecified atom stereocenters. The number of halogens is 2. The molecule has 0 bridgehead atoms. The Labute approximate surface area is 102 Å². The van der Waals surface area contributed by atoms with Crippen molar-refractivity contribution in [2.75, 3.05) is 13.1 Å². The Morgan fingerprint density at radius 2 is 2.00 bits per heavy atom. The van der Waals surface area contributed by atoms with Gasteiger partial charge in [-0.3, -0.25) is 4.90 Å². The highest BCUT2D eigenvalue weighted by atomic mass is 35.5. The van der Waals surface area contributed by atoms with Crippen molar-refractivity contribution in [1.82, 2.24) is 4.90 Å². The van der Waals surface area contributed by atoms with Gasteiger partial charge in [0.2, 0.25) is 0 Å². The zero-order valence-electron chi connectivity index (χ0n) is 9.40. The fourth-order valence-electron chi connectivity index (χ4n) is 2.12. The lowest BCUT2D eigenvalue weighted by Crippen LogP contribution is -2.28. The minimum Gasteiger partial charge on any atom is -0.326 e. The molecule has 90 valence electrons. The van der Waals surface area contributed by atoms with Gasteiger partial charge in [0.25, 0.3) is 0 Å². The van der Waals surface area contributed by atoms with Crippen LogP contribution in [0, 0.1) is 5.82 Å². The van der Waals surface area contributed by atoms with E-state index in [2.05, 4.69) is 11.8 Å². The zero-order valence-corrected chi connectivity index (χ0v) is 10.2. The summed E-state index contributed by atoms with van der Waals surface area (Å²) in [6, 6.07) is 7.37. The summed E-state index contributed by atoms with van der Waals surface area (Å²) >= 11 is 0. The molecule has 1 aromatic rings. The molecule has 2 nitrogen and oxygen atoms in total. The van der Waals surface area contributed by atoms with Crippen molar-refractivity contribution in [2.24, 2.45) is 5.73 Å². The van der Waals surface area contributed by atoms with Gasteiger partial charge in [-0.05, 0) is 31.0 Å². The minimum atomic E-state index is -0.177. The third kappa shape index (κ3) is 2.94. The Morgan fingerprint density at radius 3 is 2.50 bits per heavy atom. The number of hydrogen-bond acceptors (Lipinski definition) is 2. The van der Waals surface area contributed by atoms with Crippen molar-refractivity contribution in [3.63, 3.8) is 0 Å². The lowest BCUT2D eigenvalue weighted by Gasteiger charge is -2.24. The standard InChI is InChI=1S/C12H17FN2.ClH/c1-9(15-7-6-12(14)8-15)10-2-4-11(13)5-3-10;/h2-5,9,12H,6-8,14H2,1H3;1H/t9?,12-;/m0./s1. The molecule has 0 saturated carbocycles. The average molecular weight is 245 g/mol. The molecule has 0 amide bonds. The Morgan fingerprint density at radius 1 is 1.38 bits per heavy atom. The van der Waals surface area contributed by atoms with Crippen LogP contribution in [0.1, 0.15) is 24.9 Å². The summed E-state index contributed by atoms with van der Waals surface area (Å²) in [7, 11) is 0. The van der Waals surface area contributed by atoms with Crippen LogP contribution in [-0.4, -0.2) is 24.0 Å². The fraction of sp³-hybridized carbons (Fsp3) is 0.500. The number of likely N-dealkylation sites (tertiary alicyclic amines) is 1. The van der Waals surface area contributed by atoms with Crippen LogP contribution >= 0.6 is 12.4 Å². The third-order valence-electron chi connectivity index (χ3n) is 3.16. The summed E-state index contributed by atoms with van der Waals surface area (Å²) in [5.74, 6) is -0.177. The van der Waals surface area contributed by atoms with E-state index in [-0.39, 0.29) is 18.2 Å². The molecule has 2 rings (SSSR count). The monoisotopic (exact) mass is 244 g/mol. The quantitative estimate of drug-likeness (QED) is 0.865. The molecular formula is C12H18ClFN2. The zero-order chi connectivity index (χ0) is 10.8. The van der Waals surface area contributed by atoms with Crippen LogP contribution < -0.4 is 5.73 Å². The van der Waals surface area contributed by atoms with Gasteiger partial charge in [0, 0.05) is 25.2 Å². The van der Waals surface area contributed by atoms with Crippen LogP contribution in [0.5, 0.6) is 0 Å². The molecule has 0 aromatic heterocycles. The van der Waals surface area contributed by atoms with Crippen LogP contribution in [-0.2, 0) is 0 Å². The molecule has 0 spiro atoms. The highest BCUT2D eigenvalue weighted by molar-refractivity contribution is 5.85. The molecule has 0 radical (unpaired) electrons. The lowest BCUT2D eigenvalue weighted by atomic mass is 10.1. The van der Waals surface area contributed by atoms with Gasteiger partial charge in [-0.1, -0.05) is 12.1 Å². The van der Waals surface area contributed by atoms with E-state index in [1.165, 1.54) is 12.1 Å². The molecule has 1 saturated heterocycles. The van der Waals surface area contributed by atoms with E-state index < -0.39 is 0 Å². The molecule has 2 N–H and O–H groups in total. The topological polar surface area (TPSA) is 29.3 Å². The van der Waals surface area contributed by atoms with Crippen LogP contribution in [0.2, 0.25) is 0 Å². The molecule has 0 aliphatic carbocycles. The van der Waals surface area contributed by atoms with Crippen LogP contribution in [0.15, 0.2) is 24.3 Å². The first-order valence-corrected chi connectivity index (χ1v) is 5.42. The first-order chi connectivity index (χ1) is 7.16. The van der Waals surface area contributed by atoms with E-state index in [0.717, 1.165) is 25.1 Å². The normalized spacial score (nSPS) is 22.8. The third-order valence-corrected chi connectivity index (χ3v) is 3.16. The van der Waals surface area contributed by atoms with Crippen molar-refractivity contribution in [1.29, 1.82) is 0 Å². The SMILES string of the molecule is CC(c1ccc(F)cc1)N1CC[C@H](N)C1.Cl. The lowest BCUT2D eigenvalue weighted by molar-refractivity contribution is 0.260. The smallest absolute Gasteiger partial charge is 0.123 e. The molecule has 1 aliphatic rings. The first-order valence-electron chi connectivity index (χ1n) is 5.42. The second-order valence-corrected chi connectivity index (χ2v) is 4.27. The Bertz CT molecular complexity index is 328. The van der Waals surface area contributed by atoms with E-state index in [4.69, 9.17) is 5.73 Å². The summed E-state index contributed by atoms with van der Waals surface area (Å²) < 4.78 is 12.8. The van der Waals surface area contributed by atoms with Crippen molar-refractivity contribution >= 4 is 12.4 Å². The van der Waals surface area contributed by atoms with Gasteiger partial charge in [-0.2, -0.15) is 0 Å². The van der Waals surface area contributed by atoms with Crippen molar-refractivity contribution in [2.45, 2.75) is 25.4 Å². The number of rotatable bonds is 2. The second kappa shape index (κ2) is 5.62. The Hall–Kier alpha value is -0.640. The summed E-state index contributed by atoms with van der Waals surface area (Å²) in [4.78, 5) is 2.35. The fourth-order valence-corrected chi connectivity index (χ4v) is 2.12. The first kappa shape index (κ1) is 13.4. The van der Waals surface area contributed by atoms with Gasteiger partial charge in [0.05, 0.1) is 0 Å². The largest absolute Gasteiger partial charge is 0.326 e. The summed E-state index contributed by atoms with van der Waals surface area (Å²) in [6.07, 6.45) is 1.06. The van der Waals surface area contributed by atoms with Crippen LogP contribution in [0.3, 0.4) is 0 Å². The van der Waals surface area contributed by atoms with Gasteiger partial charge in [-0.25, -0.2) is 4.39 Å². The number of nitrogens with zero attached hydrogens (tertiary/aromatic N) is 1. The number of hydrogen-bond donors (Lipinski definition) is 1. The molecule has 4 heteroatoms. The van der Waals surface area contributed by atoms with Gasteiger partial charge >= 0.3 is 0 Å². The highest BCUT2D eigenvalue weighted by Gasteiger charge is 2.24. The number of benzene rings is 1. The highest BCUT2D eigenvalue weighted by Crippen LogP contribution is 2.24. The van der Waals surface area contributed by atoms with E-state index in [1.807, 2.05) is 12.1 Å². The maximum absolute atomic E-state index is 12.8.